The summed E-state index contributed by atoms with van der Waals surface area (Å²) in [6, 6.07) is 29.4. The van der Waals surface area contributed by atoms with E-state index in [2.05, 4.69) is 36.4 Å². The zero-order chi connectivity index (χ0) is 63.4. The van der Waals surface area contributed by atoms with Gasteiger partial charge in [0.25, 0.3) is 0 Å². The molecule has 28 heteroatoms. The maximum Gasteiger partial charge on any atom is 0.643 e. The van der Waals surface area contributed by atoms with Crippen LogP contribution in [0.15, 0.2) is 102 Å². The summed E-state index contributed by atoms with van der Waals surface area (Å²) < 4.78 is 47.5. The number of hydrogen-bond acceptors (Lipinski definition) is 17. The molecule has 2 aromatic heterocycles. The van der Waals surface area contributed by atoms with Crippen LogP contribution in [0.2, 0.25) is 0 Å². The Morgan fingerprint density at radius 1 is 0.583 bits per heavy atom. The number of nitrogens with zero attached hydrogens (tertiary/aromatic N) is 6. The number of ether oxygens (including phenoxy) is 6. The van der Waals surface area contributed by atoms with Gasteiger partial charge in [0.2, 0.25) is 11.1 Å². The van der Waals surface area contributed by atoms with Crippen LogP contribution in [0.25, 0.3) is 22.1 Å². The Morgan fingerprint density at radius 2 is 0.988 bits per heavy atom. The third kappa shape index (κ3) is 24.6. The summed E-state index contributed by atoms with van der Waals surface area (Å²) in [6.07, 6.45) is 0.305. The van der Waals surface area contributed by atoms with Gasteiger partial charge < -0.3 is 33.5 Å². The first-order valence-electron chi connectivity index (χ1n) is 24.7. The largest absolute Gasteiger partial charge is 0.643 e. The molecule has 1 amide bonds. The van der Waals surface area contributed by atoms with Crippen molar-refractivity contribution in [2.45, 2.75) is 54.4 Å². The number of alkyl halides is 4. The van der Waals surface area contributed by atoms with Gasteiger partial charge in [0.15, 0.2) is 40.3 Å². The first-order chi connectivity index (χ1) is 39.6. The topological polar surface area (TPSA) is 211 Å². The monoisotopic (exact) mass is 1370 g/mol. The van der Waals surface area contributed by atoms with Gasteiger partial charge in [-0.05, 0) is 95.5 Å². The number of fused-ring (bicyclic) bond motifs is 2. The molecule has 7 aromatic rings. The zero-order valence-corrected chi connectivity index (χ0v) is 56.9. The van der Waals surface area contributed by atoms with Crippen LogP contribution in [0, 0.1) is 16.2 Å². The number of carbonyl (C=O) groups is 4. The molecule has 0 unspecified atom stereocenters. The molecule has 5 aromatic carbocycles. The van der Waals surface area contributed by atoms with Crippen molar-refractivity contribution in [2.75, 3.05) is 66.3 Å². The molecule has 3 heterocycles. The number of carbonyl (C=O) groups excluding carboxylic acids is 3. The number of methoxy groups -OCH3 is 6. The highest BCUT2D eigenvalue weighted by molar-refractivity contribution is 7.54. The van der Waals surface area contributed by atoms with E-state index in [-0.39, 0.29) is 52.3 Å². The number of benzene rings is 5. The predicted molar refractivity (Wildman–Crippen MR) is 345 cm³/mol. The molecule has 8 rings (SSSR count). The molecule has 0 fully saturated rings. The molecule has 0 radical (unpaired) electrons. The maximum atomic E-state index is 12.9. The normalized spacial score (nSPS) is 11.9. The average Bonchev–Trinajstić information content (AvgIpc) is 3.11. The first kappa shape index (κ1) is 75.4. The minimum atomic E-state index is -1.72. The number of carboxylic acid groups (broad SMARTS) is 1. The Bertz CT molecular complexity index is 3220. The molecule has 0 spiro atoms. The zero-order valence-electron chi connectivity index (χ0n) is 48.1. The first-order valence-corrected chi connectivity index (χ1v) is 33.9. The number of aliphatic carboxylic acids is 1. The van der Waals surface area contributed by atoms with Crippen LogP contribution in [0.3, 0.4) is 0 Å². The van der Waals surface area contributed by atoms with Crippen molar-refractivity contribution in [3.8, 4) is 34.5 Å². The van der Waals surface area contributed by atoms with Crippen molar-refractivity contribution < 1.29 is 52.7 Å². The Balaban J connectivity index is 0.000000375. The number of hydrazone groups is 1. The molecule has 17 nitrogen and oxygen atoms in total. The second-order valence-electron chi connectivity index (χ2n) is 19.2. The van der Waals surface area contributed by atoms with Gasteiger partial charge in [-0.1, -0.05) is 65.8 Å². The summed E-state index contributed by atoms with van der Waals surface area (Å²) >= 11 is 26.4. The molecule has 84 heavy (non-hydrogen) atoms. The number of carboxylic acids is 1. The number of aromatic nitrogens is 4. The Kier molecular flexibility index (Phi) is 34.0. The third-order valence-electron chi connectivity index (χ3n) is 11.4. The highest BCUT2D eigenvalue weighted by Gasteiger charge is 2.38. The van der Waals surface area contributed by atoms with Crippen molar-refractivity contribution >= 4 is 174 Å². The summed E-state index contributed by atoms with van der Waals surface area (Å²) in [5, 5.41) is 14.6. The molecule has 0 saturated heterocycles. The van der Waals surface area contributed by atoms with Crippen molar-refractivity contribution in [1.29, 1.82) is 0 Å². The Morgan fingerprint density at radius 3 is 1.39 bits per heavy atom. The fraction of sp³-hybridized carbons (Fsp3) is 0.375. The second kappa shape index (κ2) is 37.8. The number of halogens is 8. The number of hydrogen-bond donors (Lipinski definition) is 1. The van der Waals surface area contributed by atoms with E-state index in [0.717, 1.165) is 67.7 Å². The average molecular weight is 1370 g/mol. The fourth-order valence-electron chi connectivity index (χ4n) is 6.90. The maximum absolute atomic E-state index is 12.9. The highest BCUT2D eigenvalue weighted by Crippen LogP contribution is 2.36. The second-order valence-corrected chi connectivity index (χ2v) is 28.4. The van der Waals surface area contributed by atoms with E-state index in [1.54, 1.807) is 97.9 Å². The Labute approximate surface area is 540 Å². The minimum absolute atomic E-state index is 0.00606. The number of ketones is 1. The van der Waals surface area contributed by atoms with Gasteiger partial charge in [-0.3, -0.25) is 19.2 Å². The fourth-order valence-corrected chi connectivity index (χ4v) is 8.31. The van der Waals surface area contributed by atoms with Crippen LogP contribution in [-0.2, 0) is 27.2 Å². The molecule has 0 aliphatic carbocycles. The van der Waals surface area contributed by atoms with E-state index in [0.29, 0.717) is 35.1 Å². The van der Waals surface area contributed by atoms with Crippen LogP contribution in [0.4, 0.5) is 0 Å². The van der Waals surface area contributed by atoms with E-state index < -0.39 is 28.2 Å². The smallest absolute Gasteiger partial charge is 0.493 e. The van der Waals surface area contributed by atoms with Crippen molar-refractivity contribution in [3.05, 3.63) is 119 Å². The molecular formula is C56H65AlCl8N6O11S2. The van der Waals surface area contributed by atoms with Crippen LogP contribution in [0.1, 0.15) is 68.6 Å². The summed E-state index contributed by atoms with van der Waals surface area (Å²) in [7, 11) is 24.4. The van der Waals surface area contributed by atoms with Gasteiger partial charge in [0.1, 0.15) is 22.1 Å². The third-order valence-corrected chi connectivity index (χ3v) is 14.4. The van der Waals surface area contributed by atoms with Gasteiger partial charge in [-0.25, -0.2) is 35.2 Å². The van der Waals surface area contributed by atoms with Crippen LogP contribution in [-0.4, -0.2) is 134 Å². The molecular weight excluding hydrogens is 1310 g/mol. The van der Waals surface area contributed by atoms with Gasteiger partial charge in [0, 0.05) is 33.7 Å². The van der Waals surface area contributed by atoms with E-state index >= 15 is 0 Å². The van der Waals surface area contributed by atoms with Crippen molar-refractivity contribution in [3.63, 3.8) is 0 Å². The van der Waals surface area contributed by atoms with Gasteiger partial charge in [-0.15, -0.1) is 46.4 Å². The van der Waals surface area contributed by atoms with Crippen LogP contribution >= 0.6 is 112 Å². The lowest BCUT2D eigenvalue weighted by atomic mass is 9.84. The molecule has 456 valence electrons. The molecule has 0 bridgehead atoms. The number of Topliss-reactive ketones (excluding diaryl/α,β-unsaturated/α-hetero) is 1. The quantitative estimate of drug-likeness (QED) is 0.0413. The van der Waals surface area contributed by atoms with Crippen molar-refractivity contribution in [1.82, 2.24) is 22.5 Å². The lowest BCUT2D eigenvalue weighted by Gasteiger charge is -2.21. The predicted octanol–water partition coefficient (Wildman–Crippen LogP) is 14.8. The molecule has 1 N–H and O–H groups in total. The highest BCUT2D eigenvalue weighted by atomic mass is 35.8. The van der Waals surface area contributed by atoms with Gasteiger partial charge in [-0.2, -0.15) is 22.6 Å². The van der Waals surface area contributed by atoms with Crippen LogP contribution < -0.4 is 28.4 Å². The lowest BCUT2D eigenvalue weighted by Crippen LogP contribution is -2.32. The SMILES string of the molecule is CC(C)(CCl)C(=O)Cl.COc1ccc(C(=O)C(C)(C)CCl)cc1OC.COc1ccc(C2=NN(C(=O)Cc3ccc4nsnc4c3)CC2(C)C)cc1OC.COc1ccccc1OC.ClCCl.O=C(O)Cc1ccc2nsnc2c1.[Cl][Al]([Cl])[Cl]. The summed E-state index contributed by atoms with van der Waals surface area (Å²) in [5.74, 6) is 3.65. The summed E-state index contributed by atoms with van der Waals surface area (Å²) in [4.78, 5) is 45.9. The Hall–Kier alpha value is -4.66. The van der Waals surface area contributed by atoms with Gasteiger partial charge >= 0.3 is 17.4 Å². The standard InChI is InChI=1S/C21H22N4O3S.C13H17ClO3.C8H6N2O2S.C8H10O2.C5H8Cl2O.CH2Cl2.Al.3ClH/c1-21(2)12-25(19(26)10-13-5-7-15-16(9-13)24-29-23-15)22-20(21)14-6-8-17(27-3)18(11-14)28-4;1-13(2,8-14)12(15)9-5-6-10(16-3)11(7-9)17-4;11-8(12)4-5-1-2-6-7(3-5)10-13-9-6;1-9-7-5-3-4-6-8(7)10-2;1-5(2,3-6)4(7)8;2-1-3;;;;/h5-9,11H,10,12H2,1-4H3;5-7H,8H2,1-4H3;1-3H,4H2,(H,11,12);3-6H,1-2H3;3H2,1-2H3;1H2;;3*1H/q;;;;;;+3;;;/p-3. The number of para-hydroxylation sites is 2. The van der Waals surface area contributed by atoms with Crippen LogP contribution in [0.5, 0.6) is 34.5 Å². The molecule has 0 saturated carbocycles. The number of amides is 1. The molecule has 1 aliphatic heterocycles. The van der Waals surface area contributed by atoms with Gasteiger partial charge in [0.05, 0.1) is 102 Å². The molecule has 0 atom stereocenters. The van der Waals surface area contributed by atoms with E-state index in [1.165, 1.54) is 11.7 Å². The number of rotatable bonds is 16. The summed E-state index contributed by atoms with van der Waals surface area (Å²) in [6.45, 7) is 11.7. The van der Waals surface area contributed by atoms with E-state index in [9.17, 15) is 19.2 Å². The summed E-state index contributed by atoms with van der Waals surface area (Å²) in [5.41, 5.74) is 5.83. The van der Waals surface area contributed by atoms with Crippen molar-refractivity contribution in [2.24, 2.45) is 21.3 Å². The van der Waals surface area contributed by atoms with E-state index in [4.69, 9.17) is 122 Å². The van der Waals surface area contributed by atoms with E-state index in [1.807, 2.05) is 74.5 Å². The lowest BCUT2D eigenvalue weighted by molar-refractivity contribution is -0.136. The minimum Gasteiger partial charge on any atom is -0.493 e. The molecule has 1 aliphatic rings.